The van der Waals surface area contributed by atoms with Crippen molar-refractivity contribution in [3.63, 3.8) is 0 Å². The zero-order chi connectivity index (χ0) is 7.41. The molecule has 0 radical (unpaired) electrons. The molecule has 0 amide bonds. The van der Waals surface area contributed by atoms with Gasteiger partial charge in [-0.2, -0.15) is 0 Å². The van der Waals surface area contributed by atoms with E-state index >= 15 is 0 Å². The quantitative estimate of drug-likeness (QED) is 0.518. The van der Waals surface area contributed by atoms with Gasteiger partial charge in [0.25, 0.3) is 0 Å². The SMILES string of the molecule is C=CN.CC.CCC. The molecule has 0 fully saturated rings. The maximum Gasteiger partial charge on any atom is -0.0136 e. The number of hydrogen-bond donors (Lipinski definition) is 1. The minimum atomic E-state index is 1.25. The van der Waals surface area contributed by atoms with Gasteiger partial charge in [0.05, 0.1) is 0 Å². The summed E-state index contributed by atoms with van der Waals surface area (Å²) in [5.41, 5.74) is 4.61. The second-order valence-electron chi connectivity index (χ2n) is 0.943. The molecule has 0 unspecified atom stereocenters. The van der Waals surface area contributed by atoms with Crippen molar-refractivity contribution < 1.29 is 0 Å². The number of nitrogens with two attached hydrogens (primary N) is 1. The molecule has 0 aliphatic carbocycles. The highest BCUT2D eigenvalue weighted by molar-refractivity contribution is 4.48. The minimum Gasteiger partial charge on any atom is -0.405 e. The summed E-state index contributed by atoms with van der Waals surface area (Å²) >= 11 is 0. The minimum absolute atomic E-state index is 1.25. The van der Waals surface area contributed by atoms with Gasteiger partial charge < -0.3 is 5.73 Å². The van der Waals surface area contributed by atoms with Crippen molar-refractivity contribution in [3.05, 3.63) is 12.8 Å². The molecule has 0 heterocycles. The molecule has 0 aliphatic rings. The maximum absolute atomic E-state index is 4.61. The molecule has 2 N–H and O–H groups in total. The van der Waals surface area contributed by atoms with Crippen molar-refractivity contribution in [2.24, 2.45) is 5.73 Å². The predicted octanol–water partition coefficient (Wildman–Crippen LogP) is 2.53. The fourth-order valence-electron chi connectivity index (χ4n) is 0. The Balaban J connectivity index is -0.0000000483. The van der Waals surface area contributed by atoms with Gasteiger partial charge in [0, 0.05) is 0 Å². The summed E-state index contributed by atoms with van der Waals surface area (Å²) in [5, 5.41) is 0. The van der Waals surface area contributed by atoms with Crippen LogP contribution < -0.4 is 5.73 Å². The van der Waals surface area contributed by atoms with Gasteiger partial charge in [-0.15, -0.1) is 0 Å². The van der Waals surface area contributed by atoms with Crippen LogP contribution in [0.1, 0.15) is 34.1 Å². The molecule has 0 saturated heterocycles. The Morgan fingerprint density at radius 1 is 1.38 bits per heavy atom. The lowest BCUT2D eigenvalue weighted by atomic mass is 10.6. The summed E-state index contributed by atoms with van der Waals surface area (Å²) in [6, 6.07) is 0. The molecule has 0 spiro atoms. The molecule has 0 rings (SSSR count). The average molecular weight is 117 g/mol. The Morgan fingerprint density at radius 2 is 1.38 bits per heavy atom. The van der Waals surface area contributed by atoms with Crippen LogP contribution in [-0.4, -0.2) is 0 Å². The van der Waals surface area contributed by atoms with Gasteiger partial charge in [-0.3, -0.25) is 0 Å². The van der Waals surface area contributed by atoms with Crippen molar-refractivity contribution in [1.82, 2.24) is 0 Å². The van der Waals surface area contributed by atoms with E-state index < -0.39 is 0 Å². The first-order valence-corrected chi connectivity index (χ1v) is 3.16. The molecule has 0 atom stereocenters. The standard InChI is InChI=1S/C3H8.C2H5N.C2H6/c1-3-2;1-2-3;1-2/h3H2,1-2H3;2H,1,3H2;1-2H3. The van der Waals surface area contributed by atoms with Gasteiger partial charge in [-0.1, -0.05) is 40.7 Å². The van der Waals surface area contributed by atoms with Crippen LogP contribution in [0.5, 0.6) is 0 Å². The van der Waals surface area contributed by atoms with E-state index in [1.165, 1.54) is 12.6 Å². The summed E-state index contributed by atoms with van der Waals surface area (Å²) in [5.74, 6) is 0. The monoisotopic (exact) mass is 117 g/mol. The first-order valence-electron chi connectivity index (χ1n) is 3.16. The second-order valence-corrected chi connectivity index (χ2v) is 0.943. The van der Waals surface area contributed by atoms with Crippen LogP contribution in [0.25, 0.3) is 0 Å². The van der Waals surface area contributed by atoms with E-state index in [1.54, 1.807) is 0 Å². The van der Waals surface area contributed by atoms with Crippen molar-refractivity contribution in [2.45, 2.75) is 34.1 Å². The number of rotatable bonds is 0. The van der Waals surface area contributed by atoms with Crippen LogP contribution in [-0.2, 0) is 0 Å². The molecule has 0 aromatic heterocycles. The van der Waals surface area contributed by atoms with E-state index in [2.05, 4.69) is 26.2 Å². The van der Waals surface area contributed by atoms with Crippen molar-refractivity contribution in [1.29, 1.82) is 0 Å². The Morgan fingerprint density at radius 3 is 1.38 bits per heavy atom. The van der Waals surface area contributed by atoms with Crippen LogP contribution in [0.2, 0.25) is 0 Å². The van der Waals surface area contributed by atoms with Gasteiger partial charge in [-0.05, 0) is 6.20 Å². The van der Waals surface area contributed by atoms with Crippen molar-refractivity contribution >= 4 is 0 Å². The van der Waals surface area contributed by atoms with E-state index in [-0.39, 0.29) is 0 Å². The highest BCUT2D eigenvalue weighted by Gasteiger charge is 1.35. The first-order chi connectivity index (χ1) is 3.83. The summed E-state index contributed by atoms with van der Waals surface area (Å²) in [6.07, 6.45) is 2.50. The van der Waals surface area contributed by atoms with E-state index in [0.717, 1.165) is 0 Å². The van der Waals surface area contributed by atoms with Gasteiger partial charge in [0.1, 0.15) is 0 Å². The van der Waals surface area contributed by atoms with Crippen molar-refractivity contribution in [2.75, 3.05) is 0 Å². The fourth-order valence-corrected chi connectivity index (χ4v) is 0. The molecule has 0 saturated carbocycles. The molecule has 0 aliphatic heterocycles. The third-order valence-electron chi connectivity index (χ3n) is 0. The lowest BCUT2D eigenvalue weighted by molar-refractivity contribution is 1.09. The van der Waals surface area contributed by atoms with E-state index in [1.807, 2.05) is 13.8 Å². The third-order valence-corrected chi connectivity index (χ3v) is 0. The summed E-state index contributed by atoms with van der Waals surface area (Å²) in [6.45, 7) is 11.4. The zero-order valence-electron chi connectivity index (χ0n) is 6.57. The summed E-state index contributed by atoms with van der Waals surface area (Å²) < 4.78 is 0. The van der Waals surface area contributed by atoms with Gasteiger partial charge in [-0.25, -0.2) is 0 Å². The second kappa shape index (κ2) is 84.6. The molecule has 0 aromatic carbocycles. The highest BCUT2D eigenvalue weighted by atomic mass is 14.5. The van der Waals surface area contributed by atoms with Crippen molar-refractivity contribution in [3.8, 4) is 0 Å². The lowest BCUT2D eigenvalue weighted by Crippen LogP contribution is -1.67. The highest BCUT2D eigenvalue weighted by Crippen LogP contribution is 1.56. The first kappa shape index (κ1) is 15.6. The maximum atomic E-state index is 4.61. The normalized spacial score (nSPS) is 4.50. The smallest absolute Gasteiger partial charge is 0.0136 e. The van der Waals surface area contributed by atoms with Crippen LogP contribution in [0.15, 0.2) is 12.8 Å². The van der Waals surface area contributed by atoms with Gasteiger partial charge in [0.15, 0.2) is 0 Å². The van der Waals surface area contributed by atoms with E-state index in [9.17, 15) is 0 Å². The predicted molar refractivity (Wildman–Crippen MR) is 41.7 cm³/mol. The molecule has 1 nitrogen and oxygen atoms in total. The Hall–Kier alpha value is -0.460. The van der Waals surface area contributed by atoms with Crippen LogP contribution in [0.3, 0.4) is 0 Å². The zero-order valence-corrected chi connectivity index (χ0v) is 6.57. The van der Waals surface area contributed by atoms with Gasteiger partial charge in [0.2, 0.25) is 0 Å². The largest absolute Gasteiger partial charge is 0.405 e. The molecular formula is C7H19N. The molecule has 0 aromatic rings. The molecule has 52 valence electrons. The number of hydrogen-bond acceptors (Lipinski definition) is 1. The molecule has 8 heavy (non-hydrogen) atoms. The topological polar surface area (TPSA) is 26.0 Å². The average Bonchev–Trinajstić information content (AvgIpc) is 1.75. The Labute approximate surface area is 53.6 Å². The Kier molecular flexibility index (Phi) is 166. The molecule has 0 bridgehead atoms. The van der Waals surface area contributed by atoms with Crippen LogP contribution >= 0.6 is 0 Å². The third kappa shape index (κ3) is 540. The summed E-state index contributed by atoms with van der Waals surface area (Å²) in [7, 11) is 0. The summed E-state index contributed by atoms with van der Waals surface area (Å²) in [4.78, 5) is 0. The van der Waals surface area contributed by atoms with Crippen LogP contribution in [0, 0.1) is 0 Å². The van der Waals surface area contributed by atoms with E-state index in [0.29, 0.717) is 0 Å². The van der Waals surface area contributed by atoms with E-state index in [4.69, 9.17) is 0 Å². The molecular weight excluding hydrogens is 98.1 g/mol. The molecule has 1 heteroatoms. The van der Waals surface area contributed by atoms with Gasteiger partial charge >= 0.3 is 0 Å². The fraction of sp³-hybridized carbons (Fsp3) is 0.714. The van der Waals surface area contributed by atoms with Crippen LogP contribution in [0.4, 0.5) is 0 Å². The lowest BCUT2D eigenvalue weighted by Gasteiger charge is -1.48. The Bertz CT molecular complexity index is 18.3.